The average Bonchev–Trinajstić information content (AvgIpc) is 3.40. The molecule has 0 radical (unpaired) electrons. The van der Waals surface area contributed by atoms with E-state index in [0.717, 1.165) is 121 Å². The first kappa shape index (κ1) is 78.7. The van der Waals surface area contributed by atoms with Crippen LogP contribution in [0, 0.1) is 11.8 Å². The van der Waals surface area contributed by atoms with E-state index in [4.69, 9.17) is 23.7 Å². The van der Waals surface area contributed by atoms with Crippen LogP contribution in [0.1, 0.15) is 216 Å². The summed E-state index contributed by atoms with van der Waals surface area (Å²) in [5.74, 6) is 2.02. The smallest absolute Gasteiger partial charge is 0.306 e. The zero-order chi connectivity index (χ0) is 61.5. The molecule has 4 N–H and O–H groups in total. The summed E-state index contributed by atoms with van der Waals surface area (Å²) in [5, 5.41) is 43.9. The molecule has 0 aromatic rings. The first-order valence-corrected chi connectivity index (χ1v) is 34.9. The van der Waals surface area contributed by atoms with Gasteiger partial charge in [0.15, 0.2) is 0 Å². The lowest BCUT2D eigenvalue weighted by Gasteiger charge is -2.34. The molecular formula is C63H120N4O14S2. The van der Waals surface area contributed by atoms with E-state index in [1.165, 1.54) is 0 Å². The third kappa shape index (κ3) is 50.4. The number of hydrogen-bond acceptors (Lipinski definition) is 20. The molecule has 83 heavy (non-hydrogen) atoms. The van der Waals surface area contributed by atoms with E-state index in [1.54, 1.807) is 0 Å². The molecule has 0 aromatic carbocycles. The Hall–Kier alpha value is -2.27. The van der Waals surface area contributed by atoms with Gasteiger partial charge in [0, 0.05) is 109 Å². The summed E-state index contributed by atoms with van der Waals surface area (Å²) < 4.78 is 26.7. The molecule has 1 rings (SSSR count). The molecule has 1 aliphatic rings. The number of piperazine rings is 1. The van der Waals surface area contributed by atoms with Gasteiger partial charge in [-0.1, -0.05) is 101 Å². The Kier molecular flexibility index (Phi) is 49.1. The summed E-state index contributed by atoms with van der Waals surface area (Å²) in [7, 11) is 3.77. The number of carbonyl (C=O) groups excluding carboxylic acids is 5. The second-order valence-corrected chi connectivity index (χ2v) is 27.1. The van der Waals surface area contributed by atoms with Crippen molar-refractivity contribution >= 4 is 51.4 Å². The van der Waals surface area contributed by atoms with E-state index in [9.17, 15) is 44.4 Å². The minimum Gasteiger partial charge on any atom is -0.466 e. The summed E-state index contributed by atoms with van der Waals surface area (Å²) in [6, 6.07) is 0. The van der Waals surface area contributed by atoms with Crippen LogP contribution in [-0.4, -0.2) is 216 Å². The molecule has 1 fully saturated rings. The van der Waals surface area contributed by atoms with Gasteiger partial charge in [-0.05, 0) is 130 Å². The lowest BCUT2D eigenvalue weighted by Crippen LogP contribution is -2.47. The normalized spacial score (nSPS) is 14.9. The number of rotatable bonds is 55. The van der Waals surface area contributed by atoms with Gasteiger partial charge in [-0.3, -0.25) is 43.6 Å². The molecule has 18 nitrogen and oxygen atoms in total. The molecule has 0 aliphatic carbocycles. The quantitative estimate of drug-likeness (QED) is 0.0192. The zero-order valence-electron chi connectivity index (χ0n) is 53.3. The summed E-state index contributed by atoms with van der Waals surface area (Å²) in [5.41, 5.74) is 0. The maximum Gasteiger partial charge on any atom is 0.306 e. The Bertz CT molecular complexity index is 1540. The molecular weight excluding hydrogens is 1100 g/mol. The van der Waals surface area contributed by atoms with Crippen LogP contribution >= 0.6 is 21.6 Å². The molecule has 1 heterocycles. The van der Waals surface area contributed by atoms with Crippen LogP contribution in [0.5, 0.6) is 0 Å². The Morgan fingerprint density at radius 3 is 1.12 bits per heavy atom. The molecule has 0 amide bonds. The topological polar surface area (TPSA) is 225 Å². The summed E-state index contributed by atoms with van der Waals surface area (Å²) in [6.45, 7) is 25.5. The van der Waals surface area contributed by atoms with Crippen LogP contribution in [0.25, 0.3) is 0 Å². The Balaban J connectivity index is 2.45. The number of ether oxygens (including phenoxy) is 5. The molecule has 20 heteroatoms. The number of aliphatic hydroxyl groups is 4. The third-order valence-electron chi connectivity index (χ3n) is 14.5. The fourth-order valence-corrected chi connectivity index (χ4v) is 11.8. The van der Waals surface area contributed by atoms with Gasteiger partial charge in [-0.2, -0.15) is 0 Å². The van der Waals surface area contributed by atoms with Crippen LogP contribution in [0.3, 0.4) is 0 Å². The highest BCUT2D eigenvalue weighted by atomic mass is 33.1. The van der Waals surface area contributed by atoms with Gasteiger partial charge in [0.05, 0.1) is 49.8 Å². The number of aliphatic hydroxyl groups excluding tert-OH is 4. The summed E-state index contributed by atoms with van der Waals surface area (Å²) in [6.07, 6.45) is 14.5. The fraction of sp³-hybridized carbons (Fsp3) is 0.921. The highest BCUT2D eigenvalue weighted by Crippen LogP contribution is 2.23. The molecule has 4 unspecified atom stereocenters. The summed E-state index contributed by atoms with van der Waals surface area (Å²) >= 11 is 0. The van der Waals surface area contributed by atoms with E-state index in [-0.39, 0.29) is 48.5 Å². The van der Waals surface area contributed by atoms with Crippen LogP contribution in [0.15, 0.2) is 0 Å². The van der Waals surface area contributed by atoms with Gasteiger partial charge in [-0.25, -0.2) is 0 Å². The van der Waals surface area contributed by atoms with Gasteiger partial charge in [-0.15, -0.1) is 0 Å². The Morgan fingerprint density at radius 1 is 0.386 bits per heavy atom. The van der Waals surface area contributed by atoms with Crippen molar-refractivity contribution < 1.29 is 68.1 Å². The first-order chi connectivity index (χ1) is 39.7. The van der Waals surface area contributed by atoms with E-state index < -0.39 is 24.4 Å². The van der Waals surface area contributed by atoms with Crippen molar-refractivity contribution in [2.45, 2.75) is 253 Å². The predicted octanol–water partition coefficient (Wildman–Crippen LogP) is 9.63. The predicted molar refractivity (Wildman–Crippen MR) is 335 cm³/mol. The van der Waals surface area contributed by atoms with E-state index >= 15 is 0 Å². The van der Waals surface area contributed by atoms with Crippen LogP contribution in [-0.2, 0) is 47.7 Å². The second-order valence-electron chi connectivity index (χ2n) is 24.4. The van der Waals surface area contributed by atoms with Crippen molar-refractivity contribution in [1.82, 2.24) is 19.6 Å². The van der Waals surface area contributed by atoms with E-state index in [1.807, 2.05) is 54.2 Å². The number of unbranched alkanes of at least 4 members (excludes halogenated alkanes) is 8. The molecule has 4 atom stereocenters. The Morgan fingerprint density at radius 2 is 0.711 bits per heavy atom. The van der Waals surface area contributed by atoms with Crippen molar-refractivity contribution in [3.8, 4) is 0 Å². The highest BCUT2D eigenvalue weighted by molar-refractivity contribution is 8.76. The molecule has 488 valence electrons. The minimum absolute atomic E-state index is 0.125. The SMILES string of the molecule is CC(C)CCOC(=O)CCCCCCC(O)CN(CCCSSCCN1CCN(CCOC(=O)CCCN(CC(O)CCCCC(=O)OC(C)C)CC(O)CCCCC(=O)OC(C)C)CC1)CC(O)CCCCCCC(=O)OCCC(C)C. The van der Waals surface area contributed by atoms with Crippen LogP contribution < -0.4 is 0 Å². The highest BCUT2D eigenvalue weighted by Gasteiger charge is 2.21. The van der Waals surface area contributed by atoms with Gasteiger partial charge < -0.3 is 44.1 Å². The van der Waals surface area contributed by atoms with Crippen molar-refractivity contribution in [3.05, 3.63) is 0 Å². The number of carbonyl (C=O) groups is 5. The second kappa shape index (κ2) is 51.7. The van der Waals surface area contributed by atoms with Crippen molar-refractivity contribution in [1.29, 1.82) is 0 Å². The van der Waals surface area contributed by atoms with Crippen molar-refractivity contribution in [2.24, 2.45) is 11.8 Å². The van der Waals surface area contributed by atoms with Crippen molar-refractivity contribution in [3.63, 3.8) is 0 Å². The maximum atomic E-state index is 12.8. The van der Waals surface area contributed by atoms with Gasteiger partial charge in [0.25, 0.3) is 0 Å². The van der Waals surface area contributed by atoms with Crippen LogP contribution in [0.2, 0.25) is 0 Å². The standard InChI is InChI=1S/C63H120N4O14S2/c1-51(2)32-42-77-59(72)27-15-11-9-13-23-55(68)49-67(50-56(69)24-14-10-12-16-28-60(73)78-43-33-52(3)4)35-22-45-82-83-46-41-65-38-36-64(37-39-65)40-44-79-61(74)31-21-34-66(47-57(70)25-17-19-29-62(75)80-53(5)6)48-58(71)26-18-20-30-63(76)81-54(7)8/h51-58,68-71H,9-50H2,1-8H3. The fourth-order valence-electron chi connectivity index (χ4n) is 9.66. The molecule has 0 aromatic heterocycles. The average molecular weight is 1220 g/mol. The van der Waals surface area contributed by atoms with Crippen LogP contribution in [0.4, 0.5) is 0 Å². The van der Waals surface area contributed by atoms with Gasteiger partial charge in [0.1, 0.15) is 6.61 Å². The largest absolute Gasteiger partial charge is 0.466 e. The lowest BCUT2D eigenvalue weighted by atomic mass is 10.1. The van der Waals surface area contributed by atoms with Gasteiger partial charge in [0.2, 0.25) is 0 Å². The van der Waals surface area contributed by atoms with E-state index in [0.29, 0.717) is 154 Å². The first-order valence-electron chi connectivity index (χ1n) is 32.4. The molecule has 0 bridgehead atoms. The monoisotopic (exact) mass is 1220 g/mol. The lowest BCUT2D eigenvalue weighted by molar-refractivity contribution is -0.148. The number of esters is 5. The van der Waals surface area contributed by atoms with E-state index in [2.05, 4.69) is 42.4 Å². The number of nitrogens with zero attached hydrogens (tertiary/aromatic N) is 4. The molecule has 1 aliphatic heterocycles. The Labute approximate surface area is 511 Å². The van der Waals surface area contributed by atoms with Gasteiger partial charge >= 0.3 is 29.8 Å². The maximum absolute atomic E-state index is 12.8. The zero-order valence-corrected chi connectivity index (χ0v) is 54.9. The minimum atomic E-state index is -0.653. The molecule has 0 spiro atoms. The molecule has 1 saturated heterocycles. The summed E-state index contributed by atoms with van der Waals surface area (Å²) in [4.78, 5) is 69.8. The third-order valence-corrected chi connectivity index (χ3v) is 16.9. The molecule has 0 saturated carbocycles. The van der Waals surface area contributed by atoms with Crippen molar-refractivity contribution in [2.75, 3.05) is 110 Å². The number of hydrogen-bond donors (Lipinski definition) is 4.